The average molecular weight is 363 g/mol. The first kappa shape index (κ1) is 16.3. The molecule has 0 saturated heterocycles. The Bertz CT molecular complexity index is 1140. The summed E-state index contributed by atoms with van der Waals surface area (Å²) in [6, 6.07) is 18.3. The third-order valence-electron chi connectivity index (χ3n) is 4.01. The van der Waals surface area contributed by atoms with Gasteiger partial charge in [-0.05, 0) is 49.4 Å². The summed E-state index contributed by atoms with van der Waals surface area (Å²) in [5.74, 6) is 0.418. The molecule has 0 aliphatic rings. The molecule has 128 valence electrons. The highest BCUT2D eigenvalue weighted by Crippen LogP contribution is 2.21. The molecule has 1 N–H and O–H groups in total. The summed E-state index contributed by atoms with van der Waals surface area (Å²) in [5.41, 5.74) is 2.77. The van der Waals surface area contributed by atoms with E-state index in [0.717, 1.165) is 17.1 Å². The molecule has 4 aromatic rings. The van der Waals surface area contributed by atoms with Crippen molar-refractivity contribution in [2.45, 2.75) is 6.92 Å². The summed E-state index contributed by atoms with van der Waals surface area (Å²) in [7, 11) is 0. The monoisotopic (exact) mass is 362 g/mol. The molecule has 0 fully saturated rings. The van der Waals surface area contributed by atoms with Gasteiger partial charge >= 0.3 is 0 Å². The number of hydrogen-bond acceptors (Lipinski definition) is 4. The highest BCUT2D eigenvalue weighted by Gasteiger charge is 2.13. The molecular weight excluding hydrogens is 348 g/mol. The van der Waals surface area contributed by atoms with Crippen molar-refractivity contribution in [3.05, 3.63) is 87.9 Å². The van der Waals surface area contributed by atoms with E-state index in [1.807, 2.05) is 49.4 Å². The third-order valence-corrected chi connectivity index (χ3v) is 4.25. The lowest BCUT2D eigenvalue weighted by molar-refractivity contribution is 0.973. The minimum Gasteiger partial charge on any atom is -0.324 e. The van der Waals surface area contributed by atoms with E-state index in [0.29, 0.717) is 21.9 Å². The summed E-state index contributed by atoms with van der Waals surface area (Å²) in [5, 5.41) is 4.17. The largest absolute Gasteiger partial charge is 0.324 e. The Labute approximate surface area is 154 Å². The normalized spacial score (nSPS) is 10.8. The topological polar surface area (TPSA) is 59.8 Å². The average Bonchev–Trinajstić information content (AvgIpc) is 2.65. The van der Waals surface area contributed by atoms with Crippen LogP contribution in [0.2, 0.25) is 5.02 Å². The summed E-state index contributed by atoms with van der Waals surface area (Å²) >= 11 is 6.07. The third kappa shape index (κ3) is 3.05. The van der Waals surface area contributed by atoms with Gasteiger partial charge in [-0.25, -0.2) is 9.55 Å². The van der Waals surface area contributed by atoms with Gasteiger partial charge < -0.3 is 5.32 Å². The summed E-state index contributed by atoms with van der Waals surface area (Å²) in [6.07, 6.45) is 1.71. The Morgan fingerprint density at radius 1 is 1.04 bits per heavy atom. The molecule has 26 heavy (non-hydrogen) atoms. The minimum atomic E-state index is -0.189. The molecule has 0 amide bonds. The number of fused-ring (bicyclic) bond motifs is 1. The van der Waals surface area contributed by atoms with E-state index < -0.39 is 0 Å². The molecule has 6 heteroatoms. The first-order valence-corrected chi connectivity index (χ1v) is 8.47. The second kappa shape index (κ2) is 6.61. The van der Waals surface area contributed by atoms with Crippen LogP contribution in [0.3, 0.4) is 0 Å². The molecule has 2 aromatic heterocycles. The maximum Gasteiger partial charge on any atom is 0.267 e. The van der Waals surface area contributed by atoms with Crippen molar-refractivity contribution >= 4 is 34.1 Å². The van der Waals surface area contributed by atoms with Crippen LogP contribution in [0.25, 0.3) is 16.6 Å². The molecule has 0 atom stereocenters. The van der Waals surface area contributed by atoms with Crippen LogP contribution in [0.1, 0.15) is 5.69 Å². The van der Waals surface area contributed by atoms with Gasteiger partial charge in [-0.15, -0.1) is 0 Å². The number of halogens is 1. The minimum absolute atomic E-state index is 0.189. The fraction of sp³-hybridized carbons (Fsp3) is 0.0500. The van der Waals surface area contributed by atoms with Gasteiger partial charge in [0.1, 0.15) is 0 Å². The molecule has 0 spiro atoms. The lowest BCUT2D eigenvalue weighted by atomic mass is 10.2. The fourth-order valence-corrected chi connectivity index (χ4v) is 2.90. The summed E-state index contributed by atoms with van der Waals surface area (Å²) < 4.78 is 1.54. The quantitative estimate of drug-likeness (QED) is 0.583. The number of aryl methyl sites for hydroxylation is 1. The van der Waals surface area contributed by atoms with Crippen LogP contribution in [0, 0.1) is 6.92 Å². The highest BCUT2D eigenvalue weighted by atomic mass is 35.5. The zero-order valence-corrected chi connectivity index (χ0v) is 14.7. The van der Waals surface area contributed by atoms with E-state index >= 15 is 0 Å². The van der Waals surface area contributed by atoms with Gasteiger partial charge in [-0.3, -0.25) is 9.78 Å². The van der Waals surface area contributed by atoms with E-state index in [9.17, 15) is 4.79 Å². The smallest absolute Gasteiger partial charge is 0.267 e. The van der Waals surface area contributed by atoms with Crippen LogP contribution in [0.4, 0.5) is 11.6 Å². The number of pyridine rings is 1. The number of nitrogens with zero attached hydrogens (tertiary/aromatic N) is 3. The number of para-hydroxylation sites is 1. The van der Waals surface area contributed by atoms with E-state index in [1.54, 1.807) is 29.0 Å². The SMILES string of the molecule is Cc1ccc(Nc2nc3ccc(Cl)cc3c(=O)n2-c2ccccc2)cn1. The van der Waals surface area contributed by atoms with E-state index in [2.05, 4.69) is 15.3 Å². The maximum atomic E-state index is 13.2. The molecule has 4 rings (SSSR count). The Morgan fingerprint density at radius 2 is 1.85 bits per heavy atom. The second-order valence-electron chi connectivity index (χ2n) is 5.89. The zero-order chi connectivity index (χ0) is 18.1. The van der Waals surface area contributed by atoms with Crippen molar-refractivity contribution in [1.29, 1.82) is 0 Å². The van der Waals surface area contributed by atoms with Gasteiger partial charge in [0.05, 0.1) is 28.5 Å². The van der Waals surface area contributed by atoms with Crippen molar-refractivity contribution < 1.29 is 0 Å². The van der Waals surface area contributed by atoms with Crippen molar-refractivity contribution in [3.8, 4) is 5.69 Å². The van der Waals surface area contributed by atoms with Crippen molar-refractivity contribution in [2.75, 3.05) is 5.32 Å². The van der Waals surface area contributed by atoms with Gasteiger partial charge in [0.15, 0.2) is 0 Å². The first-order valence-electron chi connectivity index (χ1n) is 8.09. The van der Waals surface area contributed by atoms with Gasteiger partial charge in [0.2, 0.25) is 5.95 Å². The van der Waals surface area contributed by atoms with Crippen LogP contribution in [0.15, 0.2) is 71.7 Å². The van der Waals surface area contributed by atoms with Gasteiger partial charge in [-0.2, -0.15) is 0 Å². The molecule has 2 aromatic carbocycles. The van der Waals surface area contributed by atoms with E-state index in [-0.39, 0.29) is 5.56 Å². The lowest BCUT2D eigenvalue weighted by Gasteiger charge is -2.15. The maximum absolute atomic E-state index is 13.2. The number of aromatic nitrogens is 3. The number of anilines is 2. The number of nitrogens with one attached hydrogen (secondary N) is 1. The molecule has 0 aliphatic heterocycles. The highest BCUT2D eigenvalue weighted by molar-refractivity contribution is 6.31. The Hall–Kier alpha value is -3.18. The predicted octanol–water partition coefficient (Wildman–Crippen LogP) is 4.49. The molecule has 0 saturated carbocycles. The molecule has 0 bridgehead atoms. The Morgan fingerprint density at radius 3 is 2.58 bits per heavy atom. The van der Waals surface area contributed by atoms with E-state index in [4.69, 9.17) is 11.6 Å². The van der Waals surface area contributed by atoms with Crippen molar-refractivity contribution in [1.82, 2.24) is 14.5 Å². The first-order chi connectivity index (χ1) is 12.6. The van der Waals surface area contributed by atoms with E-state index in [1.165, 1.54) is 0 Å². The second-order valence-corrected chi connectivity index (χ2v) is 6.32. The number of hydrogen-bond donors (Lipinski definition) is 1. The molecule has 5 nitrogen and oxygen atoms in total. The predicted molar refractivity (Wildman–Crippen MR) is 105 cm³/mol. The Kier molecular flexibility index (Phi) is 4.14. The molecule has 2 heterocycles. The fourth-order valence-electron chi connectivity index (χ4n) is 2.73. The van der Waals surface area contributed by atoms with Crippen LogP contribution < -0.4 is 10.9 Å². The number of rotatable bonds is 3. The van der Waals surface area contributed by atoms with Crippen LogP contribution in [-0.4, -0.2) is 14.5 Å². The van der Waals surface area contributed by atoms with Gasteiger partial charge in [0, 0.05) is 10.7 Å². The number of benzene rings is 2. The Balaban J connectivity index is 1.96. The van der Waals surface area contributed by atoms with Crippen LogP contribution in [-0.2, 0) is 0 Å². The molecule has 0 unspecified atom stereocenters. The molecule has 0 aliphatic carbocycles. The van der Waals surface area contributed by atoms with Crippen molar-refractivity contribution in [2.24, 2.45) is 0 Å². The zero-order valence-electron chi connectivity index (χ0n) is 14.0. The molecule has 0 radical (unpaired) electrons. The van der Waals surface area contributed by atoms with Crippen molar-refractivity contribution in [3.63, 3.8) is 0 Å². The van der Waals surface area contributed by atoms with Crippen LogP contribution >= 0.6 is 11.6 Å². The lowest BCUT2D eigenvalue weighted by Crippen LogP contribution is -2.22. The summed E-state index contributed by atoms with van der Waals surface area (Å²) in [4.78, 5) is 22.1. The van der Waals surface area contributed by atoms with Crippen LogP contribution in [0.5, 0.6) is 0 Å². The standard InChI is InChI=1S/C20H15ClN4O/c1-13-7-9-15(12-22-13)23-20-24-18-10-8-14(21)11-17(18)19(26)25(20)16-5-3-2-4-6-16/h2-12H,1H3,(H,23,24). The summed E-state index contributed by atoms with van der Waals surface area (Å²) in [6.45, 7) is 1.92. The van der Waals surface area contributed by atoms with Gasteiger partial charge in [0.25, 0.3) is 5.56 Å². The molecular formula is C20H15ClN4O. The van der Waals surface area contributed by atoms with Gasteiger partial charge in [-0.1, -0.05) is 29.8 Å².